The van der Waals surface area contributed by atoms with Gasteiger partial charge in [-0.2, -0.15) is 0 Å². The summed E-state index contributed by atoms with van der Waals surface area (Å²) in [6, 6.07) is 0. The van der Waals surface area contributed by atoms with Crippen molar-refractivity contribution in [2.24, 2.45) is 0 Å². The Morgan fingerprint density at radius 3 is 1.52 bits per heavy atom. The van der Waals surface area contributed by atoms with Crippen molar-refractivity contribution >= 4 is 0 Å². The zero-order valence-corrected chi connectivity index (χ0v) is 19.3. The van der Waals surface area contributed by atoms with Gasteiger partial charge in [-0.25, -0.2) is 18.3 Å². The van der Waals surface area contributed by atoms with Gasteiger partial charge in [-0.15, -0.1) is 0 Å². The summed E-state index contributed by atoms with van der Waals surface area (Å²) in [5.74, 6) is 0. The molecule has 6 heteroatoms. The molecule has 0 aromatic carbocycles. The maximum Gasteiger partial charge on any atom is 0.243 e. The zero-order chi connectivity index (χ0) is 15.5. The van der Waals surface area contributed by atoms with Crippen molar-refractivity contribution in [1.82, 2.24) is 9.13 Å². The molecule has 0 amide bonds. The Kier molecular flexibility index (Phi) is 16.8. The van der Waals surface area contributed by atoms with Crippen LogP contribution in [0.1, 0.15) is 47.0 Å². The second kappa shape index (κ2) is 15.4. The van der Waals surface area contributed by atoms with E-state index in [1.54, 1.807) is 0 Å². The molecule has 0 aliphatic heterocycles. The first-order chi connectivity index (χ1) is 10.2. The number of unbranched alkanes of at least 4 members (excludes halogenated alkanes) is 1. The molecule has 0 N–H and O–H groups in total. The smallest absolute Gasteiger partial charge is 0.243 e. The summed E-state index contributed by atoms with van der Waals surface area (Å²) in [5.41, 5.74) is 0. The van der Waals surface area contributed by atoms with Gasteiger partial charge < -0.3 is 48.0 Å². The van der Waals surface area contributed by atoms with E-state index in [2.05, 4.69) is 83.4 Å². The standard InChI is InChI=1S/C9H17N2.C8H15N2.2HI/c1-3-5-6-11-8-7-10(4-2)9-11;1-3-5-10-7-6-9(4-2)8-10;;/h7-9H,3-6H2,1-2H3;6-8H,3-5H2,1-2H3;2*1H/q2*+1;;/p-2. The monoisotopic (exact) mass is 546 g/mol. The lowest BCUT2D eigenvalue weighted by molar-refractivity contribution is -0.696. The molecule has 2 rings (SSSR count). The molecule has 134 valence electrons. The average molecular weight is 546 g/mol. The molecule has 0 saturated carbocycles. The van der Waals surface area contributed by atoms with Gasteiger partial charge >= 0.3 is 0 Å². The summed E-state index contributed by atoms with van der Waals surface area (Å²) in [5, 5.41) is 0. The van der Waals surface area contributed by atoms with E-state index in [0.717, 1.165) is 26.2 Å². The fraction of sp³-hybridized carbons (Fsp3) is 0.647. The molecule has 2 aromatic rings. The van der Waals surface area contributed by atoms with Crippen LogP contribution in [0.4, 0.5) is 0 Å². The SMILES string of the molecule is CCCC[n+]1ccn(CC)c1.CCC[n+]1ccn(CC)c1.[I-].[I-]. The molecule has 0 bridgehead atoms. The van der Waals surface area contributed by atoms with Crippen molar-refractivity contribution in [2.45, 2.75) is 73.1 Å². The third kappa shape index (κ3) is 10.4. The summed E-state index contributed by atoms with van der Waals surface area (Å²) >= 11 is 0. The summed E-state index contributed by atoms with van der Waals surface area (Å²) in [7, 11) is 0. The zero-order valence-electron chi connectivity index (χ0n) is 15.0. The second-order valence-electron chi connectivity index (χ2n) is 5.32. The van der Waals surface area contributed by atoms with Crippen LogP contribution in [0.15, 0.2) is 37.4 Å². The Morgan fingerprint density at radius 2 is 1.17 bits per heavy atom. The van der Waals surface area contributed by atoms with Crippen LogP contribution in [0.5, 0.6) is 0 Å². The molecular weight excluding hydrogens is 514 g/mol. The molecule has 0 fully saturated rings. The van der Waals surface area contributed by atoms with Crippen LogP contribution in [-0.4, -0.2) is 9.13 Å². The molecule has 23 heavy (non-hydrogen) atoms. The van der Waals surface area contributed by atoms with Gasteiger partial charge in [0, 0.05) is 0 Å². The number of hydrogen-bond acceptors (Lipinski definition) is 0. The Hall–Kier alpha value is -0.120. The van der Waals surface area contributed by atoms with Gasteiger partial charge in [0.15, 0.2) is 0 Å². The minimum absolute atomic E-state index is 0. The minimum Gasteiger partial charge on any atom is -1.00 e. The number of aromatic nitrogens is 4. The topological polar surface area (TPSA) is 17.6 Å². The van der Waals surface area contributed by atoms with Gasteiger partial charge in [0.25, 0.3) is 0 Å². The molecule has 2 heterocycles. The predicted octanol–water partition coefficient (Wildman–Crippen LogP) is -3.19. The van der Waals surface area contributed by atoms with Crippen molar-refractivity contribution < 1.29 is 57.1 Å². The van der Waals surface area contributed by atoms with E-state index in [-0.39, 0.29) is 48.0 Å². The van der Waals surface area contributed by atoms with E-state index in [0.29, 0.717) is 0 Å². The Labute approximate surface area is 175 Å². The summed E-state index contributed by atoms with van der Waals surface area (Å²) in [4.78, 5) is 0. The lowest BCUT2D eigenvalue weighted by Gasteiger charge is -1.91. The largest absolute Gasteiger partial charge is 1.00 e. The molecular formula is C17H32I2N4. The van der Waals surface area contributed by atoms with Gasteiger partial charge in [0.2, 0.25) is 12.7 Å². The molecule has 0 aliphatic rings. The van der Waals surface area contributed by atoms with Gasteiger partial charge in [-0.1, -0.05) is 20.3 Å². The number of rotatable bonds is 7. The second-order valence-corrected chi connectivity index (χ2v) is 5.32. The third-order valence-electron chi connectivity index (χ3n) is 3.47. The Balaban J connectivity index is 0. The molecule has 0 saturated heterocycles. The average Bonchev–Trinajstić information content (AvgIpc) is 3.15. The van der Waals surface area contributed by atoms with Crippen LogP contribution in [0.25, 0.3) is 0 Å². The van der Waals surface area contributed by atoms with Crippen LogP contribution in [0.2, 0.25) is 0 Å². The molecule has 0 radical (unpaired) electrons. The fourth-order valence-electron chi connectivity index (χ4n) is 2.12. The lowest BCUT2D eigenvalue weighted by Crippen LogP contribution is -3.00. The van der Waals surface area contributed by atoms with E-state index in [9.17, 15) is 0 Å². The highest BCUT2D eigenvalue weighted by Crippen LogP contribution is 1.88. The van der Waals surface area contributed by atoms with Gasteiger partial charge in [0.1, 0.15) is 24.8 Å². The minimum atomic E-state index is 0. The predicted molar refractivity (Wildman–Crippen MR) is 85.8 cm³/mol. The Morgan fingerprint density at radius 1 is 0.696 bits per heavy atom. The van der Waals surface area contributed by atoms with Crippen molar-refractivity contribution in [3.8, 4) is 0 Å². The van der Waals surface area contributed by atoms with Crippen molar-refractivity contribution in [2.75, 3.05) is 0 Å². The fourth-order valence-corrected chi connectivity index (χ4v) is 2.12. The van der Waals surface area contributed by atoms with Gasteiger partial charge in [-0.3, -0.25) is 0 Å². The summed E-state index contributed by atoms with van der Waals surface area (Å²) < 4.78 is 8.82. The summed E-state index contributed by atoms with van der Waals surface area (Å²) in [6.45, 7) is 13.1. The van der Waals surface area contributed by atoms with Gasteiger partial charge in [-0.05, 0) is 26.7 Å². The molecule has 0 aliphatic carbocycles. The first kappa shape index (κ1) is 25.1. The number of hydrogen-bond donors (Lipinski definition) is 0. The third-order valence-corrected chi connectivity index (χ3v) is 3.47. The van der Waals surface area contributed by atoms with E-state index < -0.39 is 0 Å². The Bertz CT molecular complexity index is 494. The van der Waals surface area contributed by atoms with Crippen molar-refractivity contribution in [3.05, 3.63) is 37.4 Å². The highest BCUT2D eigenvalue weighted by atomic mass is 127. The molecule has 2 aromatic heterocycles. The van der Waals surface area contributed by atoms with Crippen LogP contribution in [-0.2, 0) is 26.2 Å². The lowest BCUT2D eigenvalue weighted by atomic mass is 10.3. The van der Waals surface area contributed by atoms with Crippen LogP contribution >= 0.6 is 0 Å². The first-order valence-electron chi connectivity index (χ1n) is 8.33. The van der Waals surface area contributed by atoms with Gasteiger partial charge in [0.05, 0.1) is 26.2 Å². The van der Waals surface area contributed by atoms with E-state index in [1.165, 1.54) is 19.3 Å². The first-order valence-corrected chi connectivity index (χ1v) is 8.33. The number of imidazole rings is 2. The highest BCUT2D eigenvalue weighted by molar-refractivity contribution is 4.65. The maximum absolute atomic E-state index is 2.24. The van der Waals surface area contributed by atoms with Crippen molar-refractivity contribution in [1.29, 1.82) is 0 Å². The van der Waals surface area contributed by atoms with Crippen LogP contribution in [0, 0.1) is 0 Å². The molecule has 0 unspecified atom stereocenters. The number of halogens is 2. The number of nitrogens with zero attached hydrogens (tertiary/aromatic N) is 4. The van der Waals surface area contributed by atoms with E-state index in [1.807, 2.05) is 0 Å². The molecule has 0 spiro atoms. The normalized spacial score (nSPS) is 9.39. The maximum atomic E-state index is 2.24. The number of aryl methyl sites for hydroxylation is 4. The quantitative estimate of drug-likeness (QED) is 0.258. The van der Waals surface area contributed by atoms with E-state index in [4.69, 9.17) is 0 Å². The van der Waals surface area contributed by atoms with Crippen LogP contribution in [0.3, 0.4) is 0 Å². The van der Waals surface area contributed by atoms with Crippen molar-refractivity contribution in [3.63, 3.8) is 0 Å². The molecule has 4 nitrogen and oxygen atoms in total. The van der Waals surface area contributed by atoms with Crippen LogP contribution < -0.4 is 57.1 Å². The summed E-state index contributed by atoms with van der Waals surface area (Å²) in [6.07, 6.45) is 16.5. The molecule has 0 atom stereocenters. The van der Waals surface area contributed by atoms with E-state index >= 15 is 0 Å². The highest BCUT2D eigenvalue weighted by Gasteiger charge is 1.99.